The summed E-state index contributed by atoms with van der Waals surface area (Å²) in [6.45, 7) is 1.49. The average molecular weight is 369 g/mol. The van der Waals surface area contributed by atoms with E-state index in [1.165, 1.54) is 11.6 Å². The van der Waals surface area contributed by atoms with Crippen LogP contribution in [0, 0.1) is 11.6 Å². The van der Waals surface area contributed by atoms with Gasteiger partial charge < -0.3 is 15.2 Å². The number of nitrogens with zero attached hydrogens (tertiary/aromatic N) is 3. The molecule has 0 saturated carbocycles. The molecule has 5 nitrogen and oxygen atoms in total. The maximum atomic E-state index is 13.7. The molecule has 0 fully saturated rings. The van der Waals surface area contributed by atoms with Gasteiger partial charge in [-0.25, -0.2) is 13.8 Å². The molecule has 1 aromatic heterocycles. The van der Waals surface area contributed by atoms with Crippen LogP contribution >= 0.6 is 0 Å². The highest BCUT2D eigenvalue weighted by molar-refractivity contribution is 5.79. The molecular weight excluding hydrogens is 348 g/mol. The van der Waals surface area contributed by atoms with Crippen LogP contribution in [0.2, 0.25) is 0 Å². The van der Waals surface area contributed by atoms with E-state index >= 15 is 0 Å². The Morgan fingerprint density at radius 2 is 1.78 bits per heavy atom. The van der Waals surface area contributed by atoms with Crippen molar-refractivity contribution in [3.63, 3.8) is 0 Å². The number of nitrogens with one attached hydrogen (secondary N) is 2. The van der Waals surface area contributed by atoms with Crippen molar-refractivity contribution in [3.8, 4) is 0 Å². The van der Waals surface area contributed by atoms with E-state index < -0.39 is 11.6 Å². The first-order chi connectivity index (χ1) is 13.1. The van der Waals surface area contributed by atoms with Crippen molar-refractivity contribution in [1.82, 2.24) is 20.2 Å². The van der Waals surface area contributed by atoms with E-state index in [0.29, 0.717) is 12.5 Å². The lowest BCUT2D eigenvalue weighted by Gasteiger charge is -2.13. The Morgan fingerprint density at radius 1 is 1.04 bits per heavy atom. The quantitative estimate of drug-likeness (QED) is 0.519. The maximum absolute atomic E-state index is 13.7. The number of halogens is 2. The topological polar surface area (TPSA) is 54.2 Å². The van der Waals surface area contributed by atoms with Crippen molar-refractivity contribution in [2.75, 3.05) is 7.05 Å². The largest absolute Gasteiger partial charge is 0.352 e. The monoisotopic (exact) mass is 369 g/mol. The minimum atomic E-state index is -0.466. The Balaban J connectivity index is 1.51. The highest BCUT2D eigenvalue weighted by Gasteiger charge is 2.05. The van der Waals surface area contributed by atoms with Gasteiger partial charge in [0, 0.05) is 44.6 Å². The third kappa shape index (κ3) is 5.37. The zero-order valence-corrected chi connectivity index (χ0v) is 15.0. The van der Waals surface area contributed by atoms with Crippen LogP contribution in [0.1, 0.15) is 16.7 Å². The van der Waals surface area contributed by atoms with Gasteiger partial charge in [-0.15, -0.1) is 0 Å². The molecule has 2 N–H and O–H groups in total. The zero-order chi connectivity index (χ0) is 19.1. The summed E-state index contributed by atoms with van der Waals surface area (Å²) in [5, 5.41) is 6.15. The van der Waals surface area contributed by atoms with E-state index in [1.54, 1.807) is 19.6 Å². The van der Waals surface area contributed by atoms with Crippen LogP contribution in [-0.4, -0.2) is 22.6 Å². The predicted octanol–water partition coefficient (Wildman–Crippen LogP) is 3.07. The molecule has 0 spiro atoms. The highest BCUT2D eigenvalue weighted by atomic mass is 19.1. The van der Waals surface area contributed by atoms with E-state index in [4.69, 9.17) is 0 Å². The third-order valence-corrected chi connectivity index (χ3v) is 4.08. The first-order valence-corrected chi connectivity index (χ1v) is 8.56. The number of hydrogen-bond donors (Lipinski definition) is 2. The fourth-order valence-electron chi connectivity index (χ4n) is 2.62. The summed E-state index contributed by atoms with van der Waals surface area (Å²) in [4.78, 5) is 8.14. The Labute approximate surface area is 156 Å². The molecule has 3 aromatic rings. The van der Waals surface area contributed by atoms with Gasteiger partial charge in [-0.05, 0) is 29.3 Å². The van der Waals surface area contributed by atoms with E-state index in [1.807, 2.05) is 22.9 Å². The van der Waals surface area contributed by atoms with Gasteiger partial charge in [-0.3, -0.25) is 4.99 Å². The summed E-state index contributed by atoms with van der Waals surface area (Å²) < 4.78 is 28.9. The van der Waals surface area contributed by atoms with Gasteiger partial charge in [0.05, 0.1) is 6.33 Å². The second kappa shape index (κ2) is 8.93. The van der Waals surface area contributed by atoms with Gasteiger partial charge in [-0.2, -0.15) is 0 Å². The predicted molar refractivity (Wildman–Crippen MR) is 101 cm³/mol. The molecule has 2 aromatic carbocycles. The third-order valence-electron chi connectivity index (χ3n) is 4.08. The molecule has 0 aliphatic heterocycles. The number of benzene rings is 2. The van der Waals surface area contributed by atoms with Crippen LogP contribution in [0.3, 0.4) is 0 Å². The summed E-state index contributed by atoms with van der Waals surface area (Å²) in [5.41, 5.74) is 2.52. The summed E-state index contributed by atoms with van der Waals surface area (Å²) in [6.07, 6.45) is 5.46. The van der Waals surface area contributed by atoms with Crippen LogP contribution in [0.5, 0.6) is 0 Å². The smallest absolute Gasteiger partial charge is 0.191 e. The SMILES string of the molecule is CN=C(NCc1ccc(Cn2ccnc2)cc1)NCc1cc(F)ccc1F. The number of imidazole rings is 1. The summed E-state index contributed by atoms with van der Waals surface area (Å²) in [7, 11) is 1.63. The van der Waals surface area contributed by atoms with E-state index in [9.17, 15) is 8.78 Å². The van der Waals surface area contributed by atoms with Crippen molar-refractivity contribution in [2.24, 2.45) is 4.99 Å². The molecule has 1 heterocycles. The first kappa shape index (κ1) is 18.6. The van der Waals surface area contributed by atoms with Crippen LogP contribution in [0.4, 0.5) is 8.78 Å². The lowest BCUT2D eigenvalue weighted by Crippen LogP contribution is -2.36. The second-order valence-electron chi connectivity index (χ2n) is 6.07. The lowest BCUT2D eigenvalue weighted by molar-refractivity contribution is 0.581. The molecule has 0 unspecified atom stereocenters. The Kier molecular flexibility index (Phi) is 6.14. The first-order valence-electron chi connectivity index (χ1n) is 8.56. The Morgan fingerprint density at radius 3 is 2.48 bits per heavy atom. The van der Waals surface area contributed by atoms with Gasteiger partial charge in [0.15, 0.2) is 5.96 Å². The second-order valence-corrected chi connectivity index (χ2v) is 6.07. The molecule has 0 bridgehead atoms. The molecule has 3 rings (SSSR count). The molecule has 0 radical (unpaired) electrons. The molecule has 27 heavy (non-hydrogen) atoms. The van der Waals surface area contributed by atoms with E-state index in [2.05, 4.69) is 32.7 Å². The number of aromatic nitrogens is 2. The van der Waals surface area contributed by atoms with Crippen molar-refractivity contribution in [2.45, 2.75) is 19.6 Å². The van der Waals surface area contributed by atoms with Gasteiger partial charge in [0.1, 0.15) is 11.6 Å². The normalized spacial score (nSPS) is 11.4. The molecule has 0 aliphatic carbocycles. The van der Waals surface area contributed by atoms with Crippen LogP contribution in [-0.2, 0) is 19.6 Å². The highest BCUT2D eigenvalue weighted by Crippen LogP contribution is 2.09. The summed E-state index contributed by atoms with van der Waals surface area (Å²) in [5.74, 6) is -0.402. The van der Waals surface area contributed by atoms with Gasteiger partial charge in [-0.1, -0.05) is 24.3 Å². The standard InChI is InChI=1S/C20H21F2N5/c1-23-20(26-12-17-10-18(21)6-7-19(17)22)25-11-15-2-4-16(5-3-15)13-27-9-8-24-14-27/h2-10,14H,11-13H2,1H3,(H2,23,25,26). The van der Waals surface area contributed by atoms with Gasteiger partial charge in [0.2, 0.25) is 0 Å². The fourth-order valence-corrected chi connectivity index (χ4v) is 2.62. The molecular formula is C20H21F2N5. The zero-order valence-electron chi connectivity index (χ0n) is 15.0. The average Bonchev–Trinajstić information content (AvgIpc) is 3.19. The summed E-state index contributed by atoms with van der Waals surface area (Å²) in [6, 6.07) is 11.6. The molecule has 7 heteroatoms. The van der Waals surface area contributed by atoms with Crippen molar-refractivity contribution >= 4 is 5.96 Å². The molecule has 0 saturated heterocycles. The van der Waals surface area contributed by atoms with Gasteiger partial charge in [0.25, 0.3) is 0 Å². The number of aliphatic imine (C=N–C) groups is 1. The lowest BCUT2D eigenvalue weighted by atomic mass is 10.1. The minimum absolute atomic E-state index is 0.146. The summed E-state index contributed by atoms with van der Waals surface area (Å²) >= 11 is 0. The van der Waals surface area contributed by atoms with Crippen LogP contribution < -0.4 is 10.6 Å². The minimum Gasteiger partial charge on any atom is -0.352 e. The molecule has 140 valence electrons. The Hall–Kier alpha value is -3.22. The Bertz CT molecular complexity index is 889. The van der Waals surface area contributed by atoms with Crippen molar-refractivity contribution in [1.29, 1.82) is 0 Å². The van der Waals surface area contributed by atoms with Crippen LogP contribution in [0.15, 0.2) is 66.2 Å². The molecule has 0 amide bonds. The van der Waals surface area contributed by atoms with E-state index in [-0.39, 0.29) is 12.1 Å². The number of rotatable bonds is 6. The fraction of sp³-hybridized carbons (Fsp3) is 0.200. The molecule has 0 atom stereocenters. The van der Waals surface area contributed by atoms with E-state index in [0.717, 1.165) is 24.2 Å². The van der Waals surface area contributed by atoms with Crippen molar-refractivity contribution < 1.29 is 8.78 Å². The molecule has 0 aliphatic rings. The van der Waals surface area contributed by atoms with Crippen molar-refractivity contribution in [3.05, 3.63) is 89.5 Å². The maximum Gasteiger partial charge on any atom is 0.191 e. The number of hydrogen-bond acceptors (Lipinski definition) is 2. The van der Waals surface area contributed by atoms with Crippen LogP contribution in [0.25, 0.3) is 0 Å². The van der Waals surface area contributed by atoms with Gasteiger partial charge >= 0.3 is 0 Å². The number of guanidine groups is 1.